The highest BCUT2D eigenvalue weighted by Crippen LogP contribution is 2.28. The van der Waals surface area contributed by atoms with Crippen molar-refractivity contribution in [2.24, 2.45) is 0 Å². The van der Waals surface area contributed by atoms with Crippen molar-refractivity contribution in [2.45, 2.75) is 30.8 Å². The summed E-state index contributed by atoms with van der Waals surface area (Å²) in [6.45, 7) is 2.54. The minimum absolute atomic E-state index is 0.0311. The molecule has 0 spiro atoms. The van der Waals surface area contributed by atoms with Crippen molar-refractivity contribution in [3.63, 3.8) is 0 Å². The van der Waals surface area contributed by atoms with Gasteiger partial charge < -0.3 is 9.47 Å². The van der Waals surface area contributed by atoms with E-state index in [2.05, 4.69) is 4.98 Å². The van der Waals surface area contributed by atoms with Gasteiger partial charge in [-0.3, -0.25) is 4.98 Å². The average Bonchev–Trinajstić information content (AvgIpc) is 2.65. The first-order chi connectivity index (χ1) is 12.9. The number of hydrogen-bond donors (Lipinski definition) is 0. The van der Waals surface area contributed by atoms with E-state index in [0.717, 1.165) is 6.07 Å². The molecule has 27 heavy (non-hydrogen) atoms. The number of halogens is 2. The molecule has 1 aliphatic rings. The molecule has 1 aromatic heterocycles. The fourth-order valence-electron chi connectivity index (χ4n) is 2.92. The largest absolute Gasteiger partial charge is 0.491 e. The number of pyridine rings is 1. The van der Waals surface area contributed by atoms with Crippen LogP contribution in [0.3, 0.4) is 0 Å². The van der Waals surface area contributed by atoms with Crippen LogP contribution < -0.4 is 9.47 Å². The highest BCUT2D eigenvalue weighted by molar-refractivity contribution is 7.89. The standard InChI is InChI=1S/C18H20ClFN2O4S/c1-2-25-18-6-5-14(10-16(18)20)27(23,24)22-9-3-4-13(12-22)26-17-7-8-21-11-15(17)19/h5-8,10-11,13H,2-4,9,12H2,1H3/t13-/m1/s1. The van der Waals surface area contributed by atoms with Gasteiger partial charge in [0.05, 0.1) is 18.0 Å². The van der Waals surface area contributed by atoms with Crippen LogP contribution in [0.25, 0.3) is 0 Å². The van der Waals surface area contributed by atoms with E-state index in [1.54, 1.807) is 19.2 Å². The molecule has 0 radical (unpaired) electrons. The Bertz CT molecular complexity index is 910. The fourth-order valence-corrected chi connectivity index (χ4v) is 4.61. The number of piperidine rings is 1. The van der Waals surface area contributed by atoms with Crippen molar-refractivity contribution < 1.29 is 22.3 Å². The number of sulfonamides is 1. The number of nitrogens with zero attached hydrogens (tertiary/aromatic N) is 2. The number of aromatic nitrogens is 1. The maximum Gasteiger partial charge on any atom is 0.243 e. The molecule has 1 aliphatic heterocycles. The molecule has 3 rings (SSSR count). The van der Waals surface area contributed by atoms with Crippen LogP contribution in [0.2, 0.25) is 5.02 Å². The predicted octanol–water partition coefficient (Wildman–Crippen LogP) is 3.50. The number of hydrogen-bond acceptors (Lipinski definition) is 5. The van der Waals surface area contributed by atoms with E-state index in [9.17, 15) is 12.8 Å². The molecule has 0 aliphatic carbocycles. The number of benzene rings is 1. The maximum atomic E-state index is 14.1. The van der Waals surface area contributed by atoms with E-state index in [4.69, 9.17) is 21.1 Å². The van der Waals surface area contributed by atoms with Crippen LogP contribution in [0.4, 0.5) is 4.39 Å². The quantitative estimate of drug-likeness (QED) is 0.723. The Labute approximate surface area is 162 Å². The summed E-state index contributed by atoms with van der Waals surface area (Å²) in [5.74, 6) is -0.210. The van der Waals surface area contributed by atoms with Crippen LogP contribution in [0, 0.1) is 5.82 Å². The summed E-state index contributed by atoms with van der Waals surface area (Å²) in [5.41, 5.74) is 0. The van der Waals surface area contributed by atoms with Crippen molar-refractivity contribution in [3.05, 3.63) is 47.5 Å². The van der Waals surface area contributed by atoms with Gasteiger partial charge in [-0.15, -0.1) is 0 Å². The highest BCUT2D eigenvalue weighted by Gasteiger charge is 2.32. The third-order valence-corrected chi connectivity index (χ3v) is 6.36. The van der Waals surface area contributed by atoms with Gasteiger partial charge in [-0.05, 0) is 38.0 Å². The molecule has 6 nitrogen and oxygen atoms in total. The molecule has 0 amide bonds. The molecule has 0 bridgehead atoms. The van der Waals surface area contributed by atoms with Gasteiger partial charge >= 0.3 is 0 Å². The van der Waals surface area contributed by atoms with Gasteiger partial charge in [0.25, 0.3) is 0 Å². The van der Waals surface area contributed by atoms with Gasteiger partial charge in [0.15, 0.2) is 11.6 Å². The summed E-state index contributed by atoms with van der Waals surface area (Å²) in [4.78, 5) is 3.79. The smallest absolute Gasteiger partial charge is 0.243 e. The van der Waals surface area contributed by atoms with Crippen molar-refractivity contribution in [2.75, 3.05) is 19.7 Å². The first-order valence-corrected chi connectivity index (χ1v) is 10.4. The van der Waals surface area contributed by atoms with E-state index in [-0.39, 0.29) is 23.3 Å². The third-order valence-electron chi connectivity index (χ3n) is 4.21. The molecule has 2 aromatic rings. The molecule has 0 saturated carbocycles. The molecule has 0 N–H and O–H groups in total. The number of ether oxygens (including phenoxy) is 2. The second-order valence-electron chi connectivity index (χ2n) is 6.08. The maximum absolute atomic E-state index is 14.1. The molecule has 1 fully saturated rings. The Hall–Kier alpha value is -1.90. The molecular formula is C18H20ClFN2O4S. The van der Waals surface area contributed by atoms with Gasteiger partial charge in [-0.25, -0.2) is 12.8 Å². The van der Waals surface area contributed by atoms with Gasteiger partial charge in [0, 0.05) is 25.0 Å². The SMILES string of the molecule is CCOc1ccc(S(=O)(=O)N2CCC[C@@H](Oc3ccncc3Cl)C2)cc1F. The lowest BCUT2D eigenvalue weighted by atomic mass is 10.1. The lowest BCUT2D eigenvalue weighted by Crippen LogP contribution is -2.44. The Morgan fingerprint density at radius 1 is 1.33 bits per heavy atom. The second kappa shape index (κ2) is 8.41. The lowest BCUT2D eigenvalue weighted by Gasteiger charge is -2.32. The normalized spacial score (nSPS) is 18.3. The Balaban J connectivity index is 1.76. The van der Waals surface area contributed by atoms with Crippen LogP contribution in [0.1, 0.15) is 19.8 Å². The summed E-state index contributed by atoms with van der Waals surface area (Å²) < 4.78 is 52.2. The molecule has 0 unspecified atom stereocenters. The van der Waals surface area contributed by atoms with Crippen LogP contribution in [0.5, 0.6) is 11.5 Å². The van der Waals surface area contributed by atoms with Crippen molar-refractivity contribution >= 4 is 21.6 Å². The minimum atomic E-state index is -3.84. The first kappa shape index (κ1) is 19.9. The summed E-state index contributed by atoms with van der Waals surface area (Å²) in [5, 5.41) is 0.367. The molecule has 146 valence electrons. The van der Waals surface area contributed by atoms with Gasteiger partial charge in [0.2, 0.25) is 10.0 Å². The average molecular weight is 415 g/mol. The Kier molecular flexibility index (Phi) is 6.18. The van der Waals surface area contributed by atoms with E-state index in [1.165, 1.54) is 22.6 Å². The van der Waals surface area contributed by atoms with E-state index in [0.29, 0.717) is 36.8 Å². The van der Waals surface area contributed by atoms with Crippen molar-refractivity contribution in [3.8, 4) is 11.5 Å². The third kappa shape index (κ3) is 4.51. The zero-order valence-corrected chi connectivity index (χ0v) is 16.3. The molecule has 2 heterocycles. The van der Waals surface area contributed by atoms with Crippen molar-refractivity contribution in [1.29, 1.82) is 0 Å². The predicted molar refractivity (Wildman–Crippen MR) is 99.2 cm³/mol. The van der Waals surface area contributed by atoms with E-state index < -0.39 is 15.8 Å². The van der Waals surface area contributed by atoms with Crippen LogP contribution in [0.15, 0.2) is 41.6 Å². The molecule has 1 atom stereocenters. The topological polar surface area (TPSA) is 68.7 Å². The Morgan fingerprint density at radius 3 is 2.85 bits per heavy atom. The Morgan fingerprint density at radius 2 is 2.15 bits per heavy atom. The van der Waals surface area contributed by atoms with Gasteiger partial charge in [0.1, 0.15) is 16.9 Å². The molecular weight excluding hydrogens is 395 g/mol. The summed E-state index contributed by atoms with van der Waals surface area (Å²) in [6.07, 6.45) is 4.01. The van der Waals surface area contributed by atoms with Crippen molar-refractivity contribution in [1.82, 2.24) is 9.29 Å². The fraction of sp³-hybridized carbons (Fsp3) is 0.389. The minimum Gasteiger partial charge on any atom is -0.491 e. The summed E-state index contributed by atoms with van der Waals surface area (Å²) in [6, 6.07) is 5.32. The second-order valence-corrected chi connectivity index (χ2v) is 8.42. The highest BCUT2D eigenvalue weighted by atomic mass is 35.5. The molecule has 9 heteroatoms. The van der Waals surface area contributed by atoms with Crippen LogP contribution >= 0.6 is 11.6 Å². The lowest BCUT2D eigenvalue weighted by molar-refractivity contribution is 0.130. The first-order valence-electron chi connectivity index (χ1n) is 8.60. The monoisotopic (exact) mass is 414 g/mol. The summed E-state index contributed by atoms with van der Waals surface area (Å²) >= 11 is 6.05. The van der Waals surface area contributed by atoms with Crippen LogP contribution in [-0.2, 0) is 10.0 Å². The van der Waals surface area contributed by atoms with E-state index in [1.807, 2.05) is 0 Å². The van der Waals surface area contributed by atoms with E-state index >= 15 is 0 Å². The number of rotatable bonds is 6. The van der Waals surface area contributed by atoms with Crippen LogP contribution in [-0.4, -0.2) is 43.5 Å². The summed E-state index contributed by atoms with van der Waals surface area (Å²) in [7, 11) is -3.84. The van der Waals surface area contributed by atoms with Gasteiger partial charge in [-0.2, -0.15) is 4.31 Å². The zero-order valence-electron chi connectivity index (χ0n) is 14.8. The molecule has 1 saturated heterocycles. The zero-order chi connectivity index (χ0) is 19.4. The molecule has 1 aromatic carbocycles. The van der Waals surface area contributed by atoms with Gasteiger partial charge in [-0.1, -0.05) is 11.6 Å².